The van der Waals surface area contributed by atoms with Gasteiger partial charge >= 0.3 is 6.09 Å². The molecular weight excluding hydrogens is 324 g/mol. The summed E-state index contributed by atoms with van der Waals surface area (Å²) in [6.45, 7) is 7.00. The van der Waals surface area contributed by atoms with E-state index in [0.717, 1.165) is 9.21 Å². The maximum atomic E-state index is 12.4. The Morgan fingerprint density at radius 3 is 2.91 bits per heavy atom. The molecule has 1 fully saturated rings. The van der Waals surface area contributed by atoms with Crippen molar-refractivity contribution in [1.82, 2.24) is 4.90 Å². The number of halogens is 1. The molecule has 1 aromatic rings. The van der Waals surface area contributed by atoms with Gasteiger partial charge in [-0.05, 0) is 39.3 Å². The second kappa shape index (κ2) is 7.17. The van der Waals surface area contributed by atoms with Crippen LogP contribution in [0.4, 0.5) is 4.79 Å². The van der Waals surface area contributed by atoms with Crippen molar-refractivity contribution in [3.8, 4) is 0 Å². The third kappa shape index (κ3) is 4.84. The van der Waals surface area contributed by atoms with Gasteiger partial charge < -0.3 is 15.2 Å². The summed E-state index contributed by atoms with van der Waals surface area (Å²) in [6, 6.07) is 3.41. The highest BCUT2D eigenvalue weighted by Crippen LogP contribution is 2.24. The number of hydrogen-bond donors (Lipinski definition) is 1. The fraction of sp³-hybridized carbons (Fsp3) is 0.667. The zero-order valence-corrected chi connectivity index (χ0v) is 14.7. The van der Waals surface area contributed by atoms with Gasteiger partial charge in [0.2, 0.25) is 0 Å². The second-order valence-electron chi connectivity index (χ2n) is 6.39. The first-order chi connectivity index (χ1) is 10.3. The molecule has 2 heterocycles. The lowest BCUT2D eigenvalue weighted by molar-refractivity contribution is -0.0378. The van der Waals surface area contributed by atoms with Gasteiger partial charge in [-0.3, -0.25) is 4.90 Å². The maximum absolute atomic E-state index is 12.4. The molecule has 0 aromatic carbocycles. The van der Waals surface area contributed by atoms with Crippen LogP contribution in [0.2, 0.25) is 4.34 Å². The fourth-order valence-corrected chi connectivity index (χ4v) is 3.51. The van der Waals surface area contributed by atoms with Gasteiger partial charge in [-0.1, -0.05) is 11.6 Å². The van der Waals surface area contributed by atoms with E-state index >= 15 is 0 Å². The van der Waals surface area contributed by atoms with Crippen LogP contribution < -0.4 is 5.73 Å². The zero-order valence-electron chi connectivity index (χ0n) is 13.2. The van der Waals surface area contributed by atoms with Crippen LogP contribution in [0.5, 0.6) is 0 Å². The summed E-state index contributed by atoms with van der Waals surface area (Å²) >= 11 is 7.46. The molecule has 1 aromatic heterocycles. The van der Waals surface area contributed by atoms with E-state index < -0.39 is 5.60 Å². The topological polar surface area (TPSA) is 64.8 Å². The minimum absolute atomic E-state index is 0.190. The Morgan fingerprint density at radius 1 is 1.59 bits per heavy atom. The number of carbonyl (C=O) groups is 1. The van der Waals surface area contributed by atoms with Crippen LogP contribution in [0.3, 0.4) is 0 Å². The first-order valence-corrected chi connectivity index (χ1v) is 8.53. The van der Waals surface area contributed by atoms with Gasteiger partial charge in [0.1, 0.15) is 5.60 Å². The van der Waals surface area contributed by atoms with Gasteiger partial charge in [0.15, 0.2) is 0 Å². The Labute approximate surface area is 140 Å². The molecule has 124 valence electrons. The lowest BCUT2D eigenvalue weighted by Gasteiger charge is -2.39. The Bertz CT molecular complexity index is 515. The van der Waals surface area contributed by atoms with E-state index in [1.165, 1.54) is 11.3 Å². The molecule has 1 saturated heterocycles. The van der Waals surface area contributed by atoms with Gasteiger partial charge in [0, 0.05) is 17.5 Å². The largest absolute Gasteiger partial charge is 0.444 e. The number of rotatable bonds is 3. The molecule has 7 heteroatoms. The monoisotopic (exact) mass is 346 g/mol. The first-order valence-electron chi connectivity index (χ1n) is 7.33. The highest BCUT2D eigenvalue weighted by Gasteiger charge is 2.34. The number of nitrogens with zero attached hydrogens (tertiary/aromatic N) is 1. The second-order valence-corrected chi connectivity index (χ2v) is 8.19. The summed E-state index contributed by atoms with van der Waals surface area (Å²) < 4.78 is 11.7. The molecule has 1 aliphatic rings. The maximum Gasteiger partial charge on any atom is 0.410 e. The van der Waals surface area contributed by atoms with Crippen molar-refractivity contribution in [2.24, 2.45) is 5.73 Å². The lowest BCUT2D eigenvalue weighted by Crippen LogP contribution is -2.58. The molecule has 2 unspecified atom stereocenters. The summed E-state index contributed by atoms with van der Waals surface area (Å²) in [5, 5.41) is 0. The Kier molecular flexibility index (Phi) is 5.71. The molecular formula is C15H23ClN2O3S. The van der Waals surface area contributed by atoms with Crippen molar-refractivity contribution in [2.75, 3.05) is 19.8 Å². The average Bonchev–Trinajstić information content (AvgIpc) is 2.82. The lowest BCUT2D eigenvalue weighted by atomic mass is 10.0. The van der Waals surface area contributed by atoms with E-state index in [-0.39, 0.29) is 18.2 Å². The van der Waals surface area contributed by atoms with Crippen LogP contribution in [0.25, 0.3) is 0 Å². The number of nitrogens with two attached hydrogens (primary N) is 1. The number of ether oxygens (including phenoxy) is 2. The van der Waals surface area contributed by atoms with Gasteiger partial charge in [-0.2, -0.15) is 0 Å². The number of amides is 1. The number of morpholine rings is 1. The van der Waals surface area contributed by atoms with E-state index in [1.54, 1.807) is 4.90 Å². The van der Waals surface area contributed by atoms with Crippen molar-refractivity contribution in [3.63, 3.8) is 0 Å². The summed E-state index contributed by atoms with van der Waals surface area (Å²) in [5.41, 5.74) is 5.79. The standard InChI is InChI=1S/C15H23ClN2O3S/c1-15(2,3)21-14(19)18-6-7-20-9-12(18)11(17)8-10-4-5-13(16)22-10/h4-5,11-12H,6-9,17H2,1-3H3. The summed E-state index contributed by atoms with van der Waals surface area (Å²) in [5.74, 6) is 0. The minimum Gasteiger partial charge on any atom is -0.444 e. The van der Waals surface area contributed by atoms with Crippen LogP contribution >= 0.6 is 22.9 Å². The number of carbonyl (C=O) groups excluding carboxylic acids is 1. The summed E-state index contributed by atoms with van der Waals surface area (Å²) in [7, 11) is 0. The van der Waals surface area contributed by atoms with E-state index in [9.17, 15) is 4.79 Å². The molecule has 1 aliphatic heterocycles. The van der Waals surface area contributed by atoms with E-state index in [2.05, 4.69) is 0 Å². The SMILES string of the molecule is CC(C)(C)OC(=O)N1CCOCC1C(N)Cc1ccc(Cl)s1. The highest BCUT2D eigenvalue weighted by atomic mass is 35.5. The molecule has 0 spiro atoms. The molecule has 0 radical (unpaired) electrons. The van der Waals surface area contributed by atoms with E-state index in [1.807, 2.05) is 32.9 Å². The van der Waals surface area contributed by atoms with Crippen molar-refractivity contribution in [2.45, 2.75) is 44.9 Å². The van der Waals surface area contributed by atoms with Gasteiger partial charge in [0.05, 0.1) is 23.6 Å². The Hall–Kier alpha value is -0.820. The third-order valence-electron chi connectivity index (χ3n) is 3.35. The van der Waals surface area contributed by atoms with Crippen molar-refractivity contribution < 1.29 is 14.3 Å². The normalized spacial score (nSPS) is 20.8. The predicted octanol–water partition coefficient (Wildman–Crippen LogP) is 2.91. The number of hydrogen-bond acceptors (Lipinski definition) is 5. The van der Waals surface area contributed by atoms with Gasteiger partial charge in [-0.15, -0.1) is 11.3 Å². The molecule has 0 aliphatic carbocycles. The third-order valence-corrected chi connectivity index (χ3v) is 4.61. The molecule has 2 atom stereocenters. The molecule has 2 rings (SSSR count). The van der Waals surface area contributed by atoms with Crippen LogP contribution in [0.15, 0.2) is 12.1 Å². The van der Waals surface area contributed by atoms with Gasteiger partial charge in [-0.25, -0.2) is 4.79 Å². The average molecular weight is 347 g/mol. The molecule has 22 heavy (non-hydrogen) atoms. The molecule has 0 saturated carbocycles. The van der Waals surface area contributed by atoms with Crippen LogP contribution in [0, 0.1) is 0 Å². The van der Waals surface area contributed by atoms with E-state index in [4.69, 9.17) is 26.8 Å². The Morgan fingerprint density at radius 2 is 2.32 bits per heavy atom. The quantitative estimate of drug-likeness (QED) is 0.914. The highest BCUT2D eigenvalue weighted by molar-refractivity contribution is 7.16. The summed E-state index contributed by atoms with van der Waals surface area (Å²) in [6.07, 6.45) is 0.325. The number of thiophene rings is 1. The van der Waals surface area contributed by atoms with Crippen molar-refractivity contribution >= 4 is 29.0 Å². The zero-order chi connectivity index (χ0) is 16.3. The van der Waals surface area contributed by atoms with Crippen LogP contribution in [-0.4, -0.2) is 48.4 Å². The molecule has 2 N–H and O–H groups in total. The van der Waals surface area contributed by atoms with Crippen LogP contribution in [-0.2, 0) is 15.9 Å². The van der Waals surface area contributed by atoms with Crippen molar-refractivity contribution in [3.05, 3.63) is 21.3 Å². The molecule has 1 amide bonds. The Balaban J connectivity index is 2.03. The predicted molar refractivity (Wildman–Crippen MR) is 88.6 cm³/mol. The van der Waals surface area contributed by atoms with Crippen molar-refractivity contribution in [1.29, 1.82) is 0 Å². The molecule has 0 bridgehead atoms. The minimum atomic E-state index is -0.523. The smallest absolute Gasteiger partial charge is 0.410 e. The first kappa shape index (κ1) is 17.5. The van der Waals surface area contributed by atoms with Crippen LogP contribution in [0.1, 0.15) is 25.6 Å². The van der Waals surface area contributed by atoms with E-state index in [0.29, 0.717) is 26.2 Å². The molecule has 5 nitrogen and oxygen atoms in total. The fourth-order valence-electron chi connectivity index (χ4n) is 2.35. The van der Waals surface area contributed by atoms with Gasteiger partial charge in [0.25, 0.3) is 0 Å². The summed E-state index contributed by atoms with van der Waals surface area (Å²) in [4.78, 5) is 15.2.